The third-order valence-corrected chi connectivity index (χ3v) is 5.50. The minimum atomic E-state index is 0.334. The van der Waals surface area contributed by atoms with E-state index >= 15 is 0 Å². The van der Waals surface area contributed by atoms with Crippen LogP contribution in [0.1, 0.15) is 16.7 Å². The van der Waals surface area contributed by atoms with Gasteiger partial charge in [-0.05, 0) is 67.1 Å². The number of aryl methyl sites for hydroxylation is 1. The summed E-state index contributed by atoms with van der Waals surface area (Å²) in [5.74, 6) is 1.57. The third-order valence-electron chi connectivity index (χ3n) is 4.75. The second-order valence-electron chi connectivity index (χ2n) is 6.83. The average Bonchev–Trinajstić information content (AvgIpc) is 3.24. The number of H-pyrrole nitrogens is 1. The molecule has 0 radical (unpaired) electrons. The highest BCUT2D eigenvalue weighted by atomic mass is 79.9. The highest BCUT2D eigenvalue weighted by Gasteiger charge is 2.09. The molecule has 0 aliphatic heterocycles. The molecule has 4 rings (SSSR count). The molecule has 4 aromatic rings. The Balaban J connectivity index is 1.51. The number of benzene rings is 3. The first kappa shape index (κ1) is 20.2. The fourth-order valence-electron chi connectivity index (χ4n) is 3.14. The van der Waals surface area contributed by atoms with Crippen molar-refractivity contribution in [2.75, 3.05) is 0 Å². The summed E-state index contributed by atoms with van der Waals surface area (Å²) in [6.07, 6.45) is 1.82. The molecular weight excluding hydrogens is 462 g/mol. The lowest BCUT2D eigenvalue weighted by atomic mass is 10.1. The Morgan fingerprint density at radius 1 is 1.07 bits per heavy atom. The van der Waals surface area contributed by atoms with Crippen LogP contribution in [0.4, 0.5) is 0 Å². The molecule has 0 aliphatic rings. The van der Waals surface area contributed by atoms with Crippen LogP contribution >= 0.6 is 27.5 Å². The minimum absolute atomic E-state index is 0.334. The maximum Gasteiger partial charge on any atom is 0.137 e. The zero-order valence-electron chi connectivity index (χ0n) is 16.1. The Labute approximate surface area is 188 Å². The number of ether oxygens (including phenoxy) is 1. The first-order valence-electron chi connectivity index (χ1n) is 9.27. The van der Waals surface area contributed by atoms with Crippen molar-refractivity contribution in [2.24, 2.45) is 0 Å². The molecule has 1 heterocycles. The number of hydrogen-bond acceptors (Lipinski definition) is 3. The maximum absolute atomic E-state index is 9.31. The van der Waals surface area contributed by atoms with Crippen molar-refractivity contribution in [1.29, 1.82) is 5.26 Å². The quantitative estimate of drug-likeness (QED) is 0.339. The van der Waals surface area contributed by atoms with Crippen LogP contribution < -0.4 is 4.74 Å². The summed E-state index contributed by atoms with van der Waals surface area (Å²) in [4.78, 5) is 7.84. The van der Waals surface area contributed by atoms with Gasteiger partial charge in [0.05, 0.1) is 23.5 Å². The molecule has 0 saturated carbocycles. The predicted octanol–water partition coefficient (Wildman–Crippen LogP) is 6.92. The van der Waals surface area contributed by atoms with Crippen LogP contribution in [0.25, 0.3) is 22.6 Å². The molecular formula is C24H17BrClN3O. The van der Waals surface area contributed by atoms with Crippen molar-refractivity contribution in [1.82, 2.24) is 9.97 Å². The third kappa shape index (κ3) is 4.40. The van der Waals surface area contributed by atoms with Crippen LogP contribution in [-0.2, 0) is 6.61 Å². The van der Waals surface area contributed by atoms with Crippen LogP contribution in [0.5, 0.6) is 5.75 Å². The molecule has 30 heavy (non-hydrogen) atoms. The summed E-state index contributed by atoms with van der Waals surface area (Å²) in [7, 11) is 0. The van der Waals surface area contributed by atoms with E-state index in [0.717, 1.165) is 44.0 Å². The van der Waals surface area contributed by atoms with Crippen LogP contribution in [0, 0.1) is 18.3 Å². The molecule has 1 N–H and O–H groups in total. The normalized spacial score (nSPS) is 10.6. The van der Waals surface area contributed by atoms with Crippen LogP contribution in [-0.4, -0.2) is 9.97 Å². The number of imidazole rings is 1. The molecule has 0 bridgehead atoms. The Bertz CT molecular complexity index is 1240. The molecule has 0 spiro atoms. The molecule has 3 aromatic carbocycles. The summed E-state index contributed by atoms with van der Waals surface area (Å²) in [5, 5.41) is 10.0. The molecule has 0 amide bonds. The highest BCUT2D eigenvalue weighted by Crippen LogP contribution is 2.28. The van der Waals surface area contributed by atoms with Gasteiger partial charge in [0.25, 0.3) is 0 Å². The fraction of sp³-hybridized carbons (Fsp3) is 0.0833. The monoisotopic (exact) mass is 477 g/mol. The summed E-state index contributed by atoms with van der Waals surface area (Å²) >= 11 is 9.35. The molecule has 1 aromatic heterocycles. The number of halogens is 2. The second kappa shape index (κ2) is 8.74. The zero-order valence-corrected chi connectivity index (χ0v) is 18.5. The number of nitrogens with zero attached hydrogens (tertiary/aromatic N) is 2. The molecule has 4 nitrogen and oxygen atoms in total. The molecule has 0 aliphatic carbocycles. The van der Waals surface area contributed by atoms with Crippen LogP contribution in [0.2, 0.25) is 5.02 Å². The molecule has 0 saturated heterocycles. The smallest absolute Gasteiger partial charge is 0.137 e. The number of rotatable bonds is 5. The molecule has 0 atom stereocenters. The van der Waals surface area contributed by atoms with E-state index in [1.54, 1.807) is 6.07 Å². The van der Waals surface area contributed by atoms with E-state index < -0.39 is 0 Å². The molecule has 0 fully saturated rings. The predicted molar refractivity (Wildman–Crippen MR) is 122 cm³/mol. The largest absolute Gasteiger partial charge is 0.489 e. The SMILES string of the molecule is Cc1cc(-c2cnc(-c3ccc(Cl)cc3)[nH]2)ccc1OCc1ccc(Br)cc1C#N. The van der Waals surface area contributed by atoms with Crippen LogP contribution in [0.15, 0.2) is 71.3 Å². The lowest BCUT2D eigenvalue weighted by Gasteiger charge is -2.11. The maximum atomic E-state index is 9.31. The van der Waals surface area contributed by atoms with Gasteiger partial charge in [0.1, 0.15) is 18.2 Å². The molecule has 6 heteroatoms. The first-order valence-corrected chi connectivity index (χ1v) is 10.4. The molecule has 0 unspecified atom stereocenters. The van der Waals surface area contributed by atoms with Gasteiger partial charge in [-0.15, -0.1) is 0 Å². The van der Waals surface area contributed by atoms with Gasteiger partial charge in [-0.1, -0.05) is 33.6 Å². The summed E-state index contributed by atoms with van der Waals surface area (Å²) in [6.45, 7) is 2.34. The summed E-state index contributed by atoms with van der Waals surface area (Å²) in [6, 6.07) is 21.4. The van der Waals surface area contributed by atoms with E-state index in [4.69, 9.17) is 16.3 Å². The number of aromatic amines is 1. The van der Waals surface area contributed by atoms with Gasteiger partial charge in [-0.3, -0.25) is 0 Å². The van der Waals surface area contributed by atoms with Crippen molar-refractivity contribution in [3.63, 3.8) is 0 Å². The van der Waals surface area contributed by atoms with E-state index in [-0.39, 0.29) is 0 Å². The van der Waals surface area contributed by atoms with Crippen molar-refractivity contribution in [3.8, 4) is 34.5 Å². The van der Waals surface area contributed by atoms with Gasteiger partial charge in [-0.25, -0.2) is 4.98 Å². The van der Waals surface area contributed by atoms with Crippen LogP contribution in [0.3, 0.4) is 0 Å². The second-order valence-corrected chi connectivity index (χ2v) is 8.19. The zero-order chi connectivity index (χ0) is 21.1. The van der Waals surface area contributed by atoms with Crippen molar-refractivity contribution in [3.05, 3.63) is 93.0 Å². The van der Waals surface area contributed by atoms with Gasteiger partial charge in [0, 0.05) is 26.2 Å². The van der Waals surface area contributed by atoms with Gasteiger partial charge in [0.2, 0.25) is 0 Å². The van der Waals surface area contributed by atoms with E-state index in [1.807, 2.05) is 61.7 Å². The summed E-state index contributed by atoms with van der Waals surface area (Å²) < 4.78 is 6.85. The van der Waals surface area contributed by atoms with Crippen molar-refractivity contribution < 1.29 is 4.74 Å². The molecule has 148 valence electrons. The van der Waals surface area contributed by atoms with E-state index in [9.17, 15) is 5.26 Å². The Hall–Kier alpha value is -3.07. The average molecular weight is 479 g/mol. The summed E-state index contributed by atoms with van der Waals surface area (Å²) in [5.41, 5.74) is 5.38. The Morgan fingerprint density at radius 2 is 1.83 bits per heavy atom. The van der Waals surface area contributed by atoms with Crippen molar-refractivity contribution in [2.45, 2.75) is 13.5 Å². The lowest BCUT2D eigenvalue weighted by Crippen LogP contribution is -1.99. The lowest BCUT2D eigenvalue weighted by molar-refractivity contribution is 0.304. The number of nitriles is 1. The number of nitrogens with one attached hydrogen (secondary N) is 1. The van der Waals surface area contributed by atoms with E-state index in [2.05, 4.69) is 38.0 Å². The van der Waals surface area contributed by atoms with Gasteiger partial charge < -0.3 is 9.72 Å². The number of hydrogen-bond donors (Lipinski definition) is 1. The van der Waals surface area contributed by atoms with Gasteiger partial charge in [0.15, 0.2) is 0 Å². The fourth-order valence-corrected chi connectivity index (χ4v) is 3.62. The Morgan fingerprint density at radius 3 is 2.57 bits per heavy atom. The standard InChI is InChI=1S/C24H17BrClN3O/c1-15-10-17(22-13-28-24(29-22)16-3-7-21(26)8-4-16)5-9-23(15)30-14-18-2-6-20(25)11-19(18)12-27/h2-11,13H,14H2,1H3,(H,28,29). The minimum Gasteiger partial charge on any atom is -0.489 e. The van der Waals surface area contributed by atoms with Gasteiger partial charge in [-0.2, -0.15) is 5.26 Å². The first-order chi connectivity index (χ1) is 14.5. The number of aromatic nitrogens is 2. The van der Waals surface area contributed by atoms with Gasteiger partial charge >= 0.3 is 0 Å². The van der Waals surface area contributed by atoms with E-state index in [0.29, 0.717) is 17.2 Å². The topological polar surface area (TPSA) is 61.7 Å². The highest BCUT2D eigenvalue weighted by molar-refractivity contribution is 9.10. The van der Waals surface area contributed by atoms with E-state index in [1.165, 1.54) is 0 Å². The van der Waals surface area contributed by atoms with Crippen molar-refractivity contribution >= 4 is 27.5 Å². The Kier molecular flexibility index (Phi) is 5.89.